The predicted molar refractivity (Wildman–Crippen MR) is 63.5 cm³/mol. The minimum atomic E-state index is 0.727. The van der Waals surface area contributed by atoms with E-state index >= 15 is 0 Å². The fraction of sp³-hybridized carbons (Fsp3) is 0.500. The molecule has 0 aliphatic carbocycles. The lowest BCUT2D eigenvalue weighted by atomic mass is 10.5. The van der Waals surface area contributed by atoms with E-state index in [9.17, 15) is 0 Å². The summed E-state index contributed by atoms with van der Waals surface area (Å²) in [7, 11) is 0. The van der Waals surface area contributed by atoms with Crippen molar-refractivity contribution in [1.82, 2.24) is 24.3 Å². The van der Waals surface area contributed by atoms with Gasteiger partial charge in [-0.05, 0) is 20.1 Å². The van der Waals surface area contributed by atoms with Crippen molar-refractivity contribution in [2.24, 2.45) is 0 Å². The first-order chi connectivity index (χ1) is 7.76. The van der Waals surface area contributed by atoms with Gasteiger partial charge in [0.1, 0.15) is 5.82 Å². The van der Waals surface area contributed by atoms with Crippen molar-refractivity contribution in [3.8, 4) is 0 Å². The Morgan fingerprint density at radius 1 is 1.38 bits per heavy atom. The Morgan fingerprint density at radius 3 is 2.88 bits per heavy atom. The third kappa shape index (κ3) is 1.97. The summed E-state index contributed by atoms with van der Waals surface area (Å²) in [4.78, 5) is 4.26. The van der Waals surface area contributed by atoms with E-state index in [1.165, 1.54) is 0 Å². The van der Waals surface area contributed by atoms with Crippen LogP contribution in [0.2, 0.25) is 0 Å². The molecule has 2 aromatic heterocycles. The third-order valence-corrected chi connectivity index (χ3v) is 3.21. The molecule has 0 aliphatic rings. The fourth-order valence-corrected chi connectivity index (χ4v) is 2.24. The van der Waals surface area contributed by atoms with Gasteiger partial charge in [-0.15, -0.1) is 10.2 Å². The Balaban J connectivity index is 2.26. The maximum Gasteiger partial charge on any atom is 0.168 e. The lowest BCUT2D eigenvalue weighted by Crippen LogP contribution is -2.09. The van der Waals surface area contributed by atoms with Gasteiger partial charge in [-0.2, -0.15) is 0 Å². The molecule has 0 aromatic carbocycles. The first-order valence-electron chi connectivity index (χ1n) is 5.20. The van der Waals surface area contributed by atoms with E-state index in [4.69, 9.17) is 0 Å². The van der Waals surface area contributed by atoms with Gasteiger partial charge in [0.05, 0.1) is 6.54 Å². The van der Waals surface area contributed by atoms with Crippen LogP contribution in [0.5, 0.6) is 0 Å². The fourth-order valence-electron chi connectivity index (χ4n) is 1.71. The molecular weight excluding hydrogens is 222 g/mol. The monoisotopic (exact) mass is 237 g/mol. The van der Waals surface area contributed by atoms with Crippen LogP contribution >= 0.6 is 11.8 Å². The minimum Gasteiger partial charge on any atom is -0.318 e. The highest BCUT2D eigenvalue weighted by atomic mass is 32.2. The molecule has 2 aromatic rings. The zero-order chi connectivity index (χ0) is 11.5. The smallest absolute Gasteiger partial charge is 0.168 e. The number of hydrogen-bond donors (Lipinski definition) is 0. The Labute approximate surface area is 98.9 Å². The first-order valence-corrected chi connectivity index (χ1v) is 6.42. The summed E-state index contributed by atoms with van der Waals surface area (Å²) in [5, 5.41) is 9.29. The molecule has 0 fully saturated rings. The van der Waals surface area contributed by atoms with Gasteiger partial charge in [-0.3, -0.25) is 0 Å². The van der Waals surface area contributed by atoms with E-state index in [1.807, 2.05) is 25.6 Å². The van der Waals surface area contributed by atoms with Crippen LogP contribution in [0.15, 0.2) is 17.6 Å². The molecule has 0 saturated heterocycles. The maximum absolute atomic E-state index is 4.26. The quantitative estimate of drug-likeness (QED) is 0.757. The van der Waals surface area contributed by atoms with Crippen LogP contribution in [0.25, 0.3) is 0 Å². The molecule has 5 nitrogen and oxygen atoms in total. The molecule has 0 saturated carbocycles. The van der Waals surface area contributed by atoms with Crippen LogP contribution in [0.3, 0.4) is 0 Å². The molecule has 0 N–H and O–H groups in total. The lowest BCUT2D eigenvalue weighted by molar-refractivity contribution is 0.612. The van der Waals surface area contributed by atoms with E-state index in [1.54, 1.807) is 11.8 Å². The highest BCUT2D eigenvalue weighted by molar-refractivity contribution is 7.98. The minimum absolute atomic E-state index is 0.727. The average Bonchev–Trinajstić information content (AvgIpc) is 2.86. The van der Waals surface area contributed by atoms with Gasteiger partial charge in [-0.1, -0.05) is 11.8 Å². The maximum atomic E-state index is 4.26. The molecule has 0 aliphatic heterocycles. The van der Waals surface area contributed by atoms with E-state index in [0.29, 0.717) is 0 Å². The second-order valence-corrected chi connectivity index (χ2v) is 4.22. The largest absolute Gasteiger partial charge is 0.318 e. The molecule has 86 valence electrons. The second-order valence-electron chi connectivity index (χ2n) is 3.45. The van der Waals surface area contributed by atoms with E-state index in [2.05, 4.69) is 31.2 Å². The lowest BCUT2D eigenvalue weighted by Gasteiger charge is -2.07. The van der Waals surface area contributed by atoms with Crippen LogP contribution in [0.4, 0.5) is 0 Å². The Kier molecular flexibility index (Phi) is 3.28. The summed E-state index contributed by atoms with van der Waals surface area (Å²) < 4.78 is 4.20. The van der Waals surface area contributed by atoms with E-state index in [0.717, 1.165) is 29.9 Å². The number of imidazole rings is 1. The zero-order valence-electron chi connectivity index (χ0n) is 9.71. The number of aryl methyl sites for hydroxylation is 1. The summed E-state index contributed by atoms with van der Waals surface area (Å²) in [6, 6.07) is 0. The van der Waals surface area contributed by atoms with Crippen LogP contribution < -0.4 is 0 Å². The summed E-state index contributed by atoms with van der Waals surface area (Å²) in [5.74, 6) is 1.94. The number of aromatic nitrogens is 5. The van der Waals surface area contributed by atoms with Crippen LogP contribution in [-0.4, -0.2) is 30.6 Å². The van der Waals surface area contributed by atoms with Gasteiger partial charge in [0, 0.05) is 18.9 Å². The number of thioether (sulfide) groups is 1. The molecule has 6 heteroatoms. The SMILES string of the molecule is CCn1c(C)nnc1Cn1ccnc1SC. The molecule has 0 amide bonds. The van der Waals surface area contributed by atoms with Gasteiger partial charge in [-0.25, -0.2) is 4.98 Å². The van der Waals surface area contributed by atoms with Crippen molar-refractivity contribution in [2.45, 2.75) is 32.1 Å². The van der Waals surface area contributed by atoms with Crippen molar-refractivity contribution >= 4 is 11.8 Å². The molecule has 0 unspecified atom stereocenters. The summed E-state index contributed by atoms with van der Waals surface area (Å²) >= 11 is 1.64. The Morgan fingerprint density at radius 2 is 2.19 bits per heavy atom. The van der Waals surface area contributed by atoms with Crippen molar-refractivity contribution in [3.05, 3.63) is 24.0 Å². The molecule has 2 heterocycles. The molecule has 0 atom stereocenters. The highest BCUT2D eigenvalue weighted by Gasteiger charge is 2.09. The van der Waals surface area contributed by atoms with Gasteiger partial charge < -0.3 is 9.13 Å². The molecule has 0 spiro atoms. The van der Waals surface area contributed by atoms with Crippen LogP contribution in [-0.2, 0) is 13.1 Å². The van der Waals surface area contributed by atoms with Crippen LogP contribution in [0.1, 0.15) is 18.6 Å². The summed E-state index contributed by atoms with van der Waals surface area (Å²) in [6.07, 6.45) is 5.80. The first kappa shape index (κ1) is 11.2. The van der Waals surface area contributed by atoms with E-state index < -0.39 is 0 Å². The predicted octanol–water partition coefficient (Wildman–Crippen LogP) is 1.57. The zero-order valence-corrected chi connectivity index (χ0v) is 10.5. The molecule has 0 radical (unpaired) electrons. The van der Waals surface area contributed by atoms with Crippen molar-refractivity contribution < 1.29 is 0 Å². The van der Waals surface area contributed by atoms with E-state index in [-0.39, 0.29) is 0 Å². The topological polar surface area (TPSA) is 48.5 Å². The normalized spacial score (nSPS) is 10.9. The average molecular weight is 237 g/mol. The molecule has 2 rings (SSSR count). The van der Waals surface area contributed by atoms with Gasteiger partial charge in [0.2, 0.25) is 0 Å². The van der Waals surface area contributed by atoms with Gasteiger partial charge >= 0.3 is 0 Å². The molecule has 0 bridgehead atoms. The Bertz CT molecular complexity index is 473. The molecular formula is C10H15N5S. The second kappa shape index (κ2) is 4.69. The van der Waals surface area contributed by atoms with Gasteiger partial charge in [0.25, 0.3) is 0 Å². The number of rotatable bonds is 4. The van der Waals surface area contributed by atoms with Gasteiger partial charge in [0.15, 0.2) is 11.0 Å². The van der Waals surface area contributed by atoms with Crippen molar-refractivity contribution in [3.63, 3.8) is 0 Å². The molecule has 16 heavy (non-hydrogen) atoms. The van der Waals surface area contributed by atoms with Crippen LogP contribution in [0, 0.1) is 6.92 Å². The van der Waals surface area contributed by atoms with Crippen molar-refractivity contribution in [2.75, 3.05) is 6.26 Å². The highest BCUT2D eigenvalue weighted by Crippen LogP contribution is 2.13. The third-order valence-electron chi connectivity index (χ3n) is 2.50. The number of nitrogens with zero attached hydrogens (tertiary/aromatic N) is 5. The van der Waals surface area contributed by atoms with Crippen molar-refractivity contribution in [1.29, 1.82) is 0 Å². The standard InChI is InChI=1S/C10H15N5S/c1-4-15-8(2)12-13-9(15)7-14-6-5-11-10(14)16-3/h5-6H,4,7H2,1-3H3. The summed E-state index contributed by atoms with van der Waals surface area (Å²) in [5.41, 5.74) is 0. The Hall–Kier alpha value is -1.30. The summed E-state index contributed by atoms with van der Waals surface area (Å²) in [6.45, 7) is 5.70. The number of hydrogen-bond acceptors (Lipinski definition) is 4.